The lowest BCUT2D eigenvalue weighted by atomic mass is 10.1. The van der Waals surface area contributed by atoms with Crippen molar-refractivity contribution in [2.24, 2.45) is 0 Å². The van der Waals surface area contributed by atoms with Gasteiger partial charge >= 0.3 is 5.97 Å². The van der Waals surface area contributed by atoms with E-state index in [1.165, 1.54) is 5.56 Å². The molecule has 0 amide bonds. The molecule has 0 radical (unpaired) electrons. The quantitative estimate of drug-likeness (QED) is 0.669. The second kappa shape index (κ2) is 5.60. The standard InChI is InChI=1S/C17H16BrNO2/c1-3-15-13(17(20)21-4-2)9-10-8-12-11(16(10)19-15)6-5-7-14(12)18/h5-7,9H,3-4,8H2,1-2H3. The van der Waals surface area contributed by atoms with Gasteiger partial charge in [0.1, 0.15) is 0 Å². The first-order valence-electron chi connectivity index (χ1n) is 7.13. The van der Waals surface area contributed by atoms with Crippen LogP contribution in [0.4, 0.5) is 0 Å². The summed E-state index contributed by atoms with van der Waals surface area (Å²) in [7, 11) is 0. The number of fused-ring (bicyclic) bond motifs is 3. The van der Waals surface area contributed by atoms with Crippen LogP contribution >= 0.6 is 15.9 Å². The molecule has 0 saturated carbocycles. The molecule has 0 atom stereocenters. The van der Waals surface area contributed by atoms with Crippen molar-refractivity contribution >= 4 is 21.9 Å². The van der Waals surface area contributed by atoms with E-state index in [1.807, 2.05) is 32.0 Å². The van der Waals surface area contributed by atoms with E-state index < -0.39 is 0 Å². The highest BCUT2D eigenvalue weighted by Crippen LogP contribution is 2.39. The average Bonchev–Trinajstić information content (AvgIpc) is 2.85. The molecule has 3 rings (SSSR count). The number of benzene rings is 1. The Morgan fingerprint density at radius 2 is 2.19 bits per heavy atom. The van der Waals surface area contributed by atoms with E-state index in [9.17, 15) is 4.79 Å². The summed E-state index contributed by atoms with van der Waals surface area (Å²) >= 11 is 3.59. The van der Waals surface area contributed by atoms with E-state index >= 15 is 0 Å². The molecule has 0 aliphatic heterocycles. The second-order valence-corrected chi connectivity index (χ2v) is 5.86. The number of rotatable bonds is 3. The minimum atomic E-state index is -0.278. The molecule has 0 fully saturated rings. The minimum Gasteiger partial charge on any atom is -0.462 e. The molecule has 2 aromatic rings. The summed E-state index contributed by atoms with van der Waals surface area (Å²) in [6.45, 7) is 4.20. The van der Waals surface area contributed by atoms with Crippen LogP contribution in [-0.4, -0.2) is 17.6 Å². The van der Waals surface area contributed by atoms with Gasteiger partial charge in [-0.1, -0.05) is 35.0 Å². The number of aryl methyl sites for hydroxylation is 1. The Bertz CT molecular complexity index is 725. The zero-order valence-electron chi connectivity index (χ0n) is 12.1. The maximum absolute atomic E-state index is 12.1. The monoisotopic (exact) mass is 345 g/mol. The fourth-order valence-electron chi connectivity index (χ4n) is 2.77. The zero-order valence-corrected chi connectivity index (χ0v) is 13.7. The number of pyridine rings is 1. The normalized spacial score (nSPS) is 12.0. The molecular formula is C17H16BrNO2. The molecule has 1 aromatic heterocycles. The van der Waals surface area contributed by atoms with Crippen molar-refractivity contribution in [2.45, 2.75) is 26.7 Å². The number of aromatic nitrogens is 1. The van der Waals surface area contributed by atoms with Crippen molar-refractivity contribution in [2.75, 3.05) is 6.61 Å². The molecule has 0 N–H and O–H groups in total. The number of carbonyl (C=O) groups is 1. The van der Waals surface area contributed by atoms with Gasteiger partial charge in [-0.25, -0.2) is 4.79 Å². The Morgan fingerprint density at radius 1 is 1.38 bits per heavy atom. The van der Waals surface area contributed by atoms with Gasteiger partial charge in [0.15, 0.2) is 0 Å². The summed E-state index contributed by atoms with van der Waals surface area (Å²) in [5.41, 5.74) is 5.89. The molecular weight excluding hydrogens is 330 g/mol. The lowest BCUT2D eigenvalue weighted by molar-refractivity contribution is 0.0524. The third kappa shape index (κ3) is 2.38. The van der Waals surface area contributed by atoms with Gasteiger partial charge in [0.2, 0.25) is 0 Å². The first-order chi connectivity index (χ1) is 10.2. The number of esters is 1. The molecule has 1 aliphatic carbocycles. The molecule has 21 heavy (non-hydrogen) atoms. The zero-order chi connectivity index (χ0) is 15.0. The molecule has 0 unspecified atom stereocenters. The summed E-state index contributed by atoms with van der Waals surface area (Å²) in [6, 6.07) is 8.09. The van der Waals surface area contributed by atoms with E-state index in [0.29, 0.717) is 18.6 Å². The number of hydrogen-bond acceptors (Lipinski definition) is 3. The highest BCUT2D eigenvalue weighted by Gasteiger charge is 2.25. The molecule has 0 spiro atoms. The molecule has 0 bridgehead atoms. The van der Waals surface area contributed by atoms with Gasteiger partial charge in [0.25, 0.3) is 0 Å². The molecule has 1 heterocycles. The maximum Gasteiger partial charge on any atom is 0.339 e. The van der Waals surface area contributed by atoms with Gasteiger partial charge in [-0.15, -0.1) is 0 Å². The fraction of sp³-hybridized carbons (Fsp3) is 0.294. The lowest BCUT2D eigenvalue weighted by Crippen LogP contribution is -2.10. The summed E-state index contributed by atoms with van der Waals surface area (Å²) in [6.07, 6.45) is 1.51. The van der Waals surface area contributed by atoms with Crippen LogP contribution in [0.2, 0.25) is 0 Å². The van der Waals surface area contributed by atoms with Crippen molar-refractivity contribution in [1.82, 2.24) is 4.98 Å². The minimum absolute atomic E-state index is 0.278. The summed E-state index contributed by atoms with van der Waals surface area (Å²) in [5.74, 6) is -0.278. The van der Waals surface area contributed by atoms with Crippen LogP contribution in [0.3, 0.4) is 0 Å². The summed E-state index contributed by atoms with van der Waals surface area (Å²) in [5, 5.41) is 0. The van der Waals surface area contributed by atoms with Crippen LogP contribution in [0, 0.1) is 0 Å². The molecule has 4 heteroatoms. The number of carbonyl (C=O) groups excluding carboxylic acids is 1. The van der Waals surface area contributed by atoms with Crippen molar-refractivity contribution in [1.29, 1.82) is 0 Å². The van der Waals surface area contributed by atoms with Crippen molar-refractivity contribution < 1.29 is 9.53 Å². The highest BCUT2D eigenvalue weighted by atomic mass is 79.9. The van der Waals surface area contributed by atoms with Crippen molar-refractivity contribution in [3.63, 3.8) is 0 Å². The average molecular weight is 346 g/mol. The Kier molecular flexibility index (Phi) is 3.81. The second-order valence-electron chi connectivity index (χ2n) is 5.01. The Morgan fingerprint density at radius 3 is 2.90 bits per heavy atom. The van der Waals surface area contributed by atoms with Gasteiger partial charge in [-0.3, -0.25) is 4.98 Å². The van der Waals surface area contributed by atoms with Crippen LogP contribution in [-0.2, 0) is 17.6 Å². The number of halogens is 1. The van der Waals surface area contributed by atoms with E-state index in [1.54, 1.807) is 0 Å². The van der Waals surface area contributed by atoms with Crippen LogP contribution < -0.4 is 0 Å². The van der Waals surface area contributed by atoms with Crippen LogP contribution in [0.15, 0.2) is 28.7 Å². The van der Waals surface area contributed by atoms with E-state index in [2.05, 4.69) is 22.0 Å². The molecule has 1 aromatic carbocycles. The van der Waals surface area contributed by atoms with Crippen LogP contribution in [0.1, 0.15) is 41.0 Å². The van der Waals surface area contributed by atoms with Gasteiger partial charge in [0.05, 0.1) is 23.6 Å². The van der Waals surface area contributed by atoms with Gasteiger partial charge in [-0.05, 0) is 36.6 Å². The van der Waals surface area contributed by atoms with E-state index in [0.717, 1.165) is 33.4 Å². The van der Waals surface area contributed by atoms with Crippen LogP contribution in [0.25, 0.3) is 11.3 Å². The first-order valence-corrected chi connectivity index (χ1v) is 7.92. The van der Waals surface area contributed by atoms with E-state index in [4.69, 9.17) is 9.72 Å². The predicted octanol–water partition coefficient (Wildman–Crippen LogP) is 4.15. The predicted molar refractivity (Wildman–Crippen MR) is 85.5 cm³/mol. The Labute approximate surface area is 132 Å². The SMILES string of the molecule is CCOC(=O)c1cc2c(nc1CC)-c1cccc(Br)c1C2. The number of ether oxygens (including phenoxy) is 1. The largest absolute Gasteiger partial charge is 0.462 e. The fourth-order valence-corrected chi connectivity index (χ4v) is 3.27. The Balaban J connectivity index is 2.13. The van der Waals surface area contributed by atoms with Crippen molar-refractivity contribution in [3.8, 4) is 11.3 Å². The number of hydrogen-bond donors (Lipinski definition) is 0. The molecule has 3 nitrogen and oxygen atoms in total. The smallest absolute Gasteiger partial charge is 0.339 e. The first kappa shape index (κ1) is 14.3. The van der Waals surface area contributed by atoms with Crippen LogP contribution in [0.5, 0.6) is 0 Å². The van der Waals surface area contributed by atoms with E-state index in [-0.39, 0.29) is 5.97 Å². The van der Waals surface area contributed by atoms with Gasteiger partial charge < -0.3 is 4.74 Å². The van der Waals surface area contributed by atoms with Gasteiger partial charge in [0, 0.05) is 16.5 Å². The summed E-state index contributed by atoms with van der Waals surface area (Å²) in [4.78, 5) is 16.8. The summed E-state index contributed by atoms with van der Waals surface area (Å²) < 4.78 is 6.23. The molecule has 1 aliphatic rings. The van der Waals surface area contributed by atoms with Crippen molar-refractivity contribution in [3.05, 3.63) is 51.1 Å². The maximum atomic E-state index is 12.1. The highest BCUT2D eigenvalue weighted by molar-refractivity contribution is 9.10. The topological polar surface area (TPSA) is 39.2 Å². The molecule has 108 valence electrons. The Hall–Kier alpha value is -1.68. The number of nitrogens with zero attached hydrogens (tertiary/aromatic N) is 1. The third-order valence-electron chi connectivity index (χ3n) is 3.75. The third-order valence-corrected chi connectivity index (χ3v) is 4.49. The lowest BCUT2D eigenvalue weighted by Gasteiger charge is -2.09. The molecule has 0 saturated heterocycles. The van der Waals surface area contributed by atoms with Gasteiger partial charge in [-0.2, -0.15) is 0 Å².